The Morgan fingerprint density at radius 3 is 2.67 bits per heavy atom. The summed E-state index contributed by atoms with van der Waals surface area (Å²) in [4.78, 5) is 1.07. The van der Waals surface area contributed by atoms with Crippen LogP contribution in [0.1, 0.15) is 37.5 Å². The van der Waals surface area contributed by atoms with E-state index >= 15 is 0 Å². The molecule has 1 heterocycles. The Morgan fingerprint density at radius 1 is 1.33 bits per heavy atom. The first-order valence-electron chi connectivity index (χ1n) is 7.47. The van der Waals surface area contributed by atoms with Gasteiger partial charge < -0.3 is 10.5 Å². The lowest BCUT2D eigenvalue weighted by molar-refractivity contribution is 0.0287. The standard InChI is InChI=1S/C14H24N2O3S2/c1-2-13-7-8-14(20-13)21(17,18)16-9-10-19-12-5-3-11(15)4-6-12/h7-8,11-12,16H,2-6,9-10,15H2,1H3. The highest BCUT2D eigenvalue weighted by Gasteiger charge is 2.19. The summed E-state index contributed by atoms with van der Waals surface area (Å²) in [5, 5.41) is 0. The minimum absolute atomic E-state index is 0.225. The van der Waals surface area contributed by atoms with Crippen molar-refractivity contribution in [3.05, 3.63) is 17.0 Å². The van der Waals surface area contributed by atoms with Gasteiger partial charge in [0.15, 0.2) is 0 Å². The molecule has 0 atom stereocenters. The Bertz CT molecular complexity index is 534. The van der Waals surface area contributed by atoms with Crippen LogP contribution in [0.15, 0.2) is 16.3 Å². The van der Waals surface area contributed by atoms with E-state index in [-0.39, 0.29) is 6.10 Å². The molecule has 0 aliphatic heterocycles. The second-order valence-corrected chi connectivity index (χ2v) is 8.54. The summed E-state index contributed by atoms with van der Waals surface area (Å²) >= 11 is 1.32. The summed E-state index contributed by atoms with van der Waals surface area (Å²) in [6.45, 7) is 2.73. The first-order valence-corrected chi connectivity index (χ1v) is 9.77. The summed E-state index contributed by atoms with van der Waals surface area (Å²) in [5.41, 5.74) is 5.84. The van der Waals surface area contributed by atoms with Crippen LogP contribution in [0, 0.1) is 0 Å². The van der Waals surface area contributed by atoms with Crippen LogP contribution in [0.5, 0.6) is 0 Å². The molecule has 0 spiro atoms. The minimum atomic E-state index is -3.39. The smallest absolute Gasteiger partial charge is 0.250 e. The molecule has 0 unspecified atom stereocenters. The number of sulfonamides is 1. The molecule has 0 amide bonds. The van der Waals surface area contributed by atoms with Crippen molar-refractivity contribution in [2.24, 2.45) is 5.73 Å². The van der Waals surface area contributed by atoms with Gasteiger partial charge in [0.1, 0.15) is 4.21 Å². The molecular formula is C14H24N2O3S2. The van der Waals surface area contributed by atoms with Gasteiger partial charge >= 0.3 is 0 Å². The van der Waals surface area contributed by atoms with E-state index < -0.39 is 10.0 Å². The predicted molar refractivity (Wildman–Crippen MR) is 85.1 cm³/mol. The molecule has 21 heavy (non-hydrogen) atoms. The summed E-state index contributed by atoms with van der Waals surface area (Å²) in [6, 6.07) is 3.82. The number of hydrogen-bond donors (Lipinski definition) is 2. The zero-order valence-electron chi connectivity index (χ0n) is 12.4. The van der Waals surface area contributed by atoms with Crippen molar-refractivity contribution in [1.82, 2.24) is 4.72 Å². The highest BCUT2D eigenvalue weighted by molar-refractivity contribution is 7.91. The zero-order valence-corrected chi connectivity index (χ0v) is 14.0. The van der Waals surface area contributed by atoms with E-state index in [0.717, 1.165) is 37.0 Å². The predicted octanol–water partition coefficient (Wildman–Crippen LogP) is 1.88. The van der Waals surface area contributed by atoms with E-state index in [1.165, 1.54) is 11.3 Å². The largest absolute Gasteiger partial charge is 0.377 e. The molecule has 0 aromatic carbocycles. The number of nitrogens with two attached hydrogens (primary N) is 1. The fraction of sp³-hybridized carbons (Fsp3) is 0.714. The molecule has 1 aromatic rings. The van der Waals surface area contributed by atoms with E-state index in [9.17, 15) is 8.42 Å². The van der Waals surface area contributed by atoms with Crippen LogP contribution >= 0.6 is 11.3 Å². The molecule has 0 radical (unpaired) electrons. The lowest BCUT2D eigenvalue weighted by atomic mass is 9.94. The third-order valence-electron chi connectivity index (χ3n) is 3.72. The van der Waals surface area contributed by atoms with Crippen LogP contribution in [-0.4, -0.2) is 33.7 Å². The van der Waals surface area contributed by atoms with Crippen molar-refractivity contribution in [2.75, 3.05) is 13.2 Å². The van der Waals surface area contributed by atoms with Gasteiger partial charge in [-0.15, -0.1) is 11.3 Å². The molecule has 1 fully saturated rings. The third-order valence-corrected chi connectivity index (χ3v) is 6.90. The first-order chi connectivity index (χ1) is 10.0. The van der Waals surface area contributed by atoms with E-state index in [2.05, 4.69) is 4.72 Å². The fourth-order valence-corrected chi connectivity index (χ4v) is 4.77. The molecule has 1 aromatic heterocycles. The lowest BCUT2D eigenvalue weighted by Gasteiger charge is -2.26. The number of ether oxygens (including phenoxy) is 1. The molecule has 7 heteroatoms. The highest BCUT2D eigenvalue weighted by Crippen LogP contribution is 2.22. The van der Waals surface area contributed by atoms with Crippen molar-refractivity contribution < 1.29 is 13.2 Å². The van der Waals surface area contributed by atoms with E-state index in [0.29, 0.717) is 23.4 Å². The van der Waals surface area contributed by atoms with Crippen molar-refractivity contribution in [3.63, 3.8) is 0 Å². The van der Waals surface area contributed by atoms with Gasteiger partial charge in [0.05, 0.1) is 12.7 Å². The Balaban J connectivity index is 1.72. The van der Waals surface area contributed by atoms with Crippen LogP contribution in [-0.2, 0) is 21.2 Å². The Morgan fingerprint density at radius 2 is 2.05 bits per heavy atom. The Labute approximate surface area is 130 Å². The maximum Gasteiger partial charge on any atom is 0.250 e. The number of nitrogens with one attached hydrogen (secondary N) is 1. The van der Waals surface area contributed by atoms with Crippen molar-refractivity contribution in [1.29, 1.82) is 0 Å². The quantitative estimate of drug-likeness (QED) is 0.747. The van der Waals surface area contributed by atoms with Crippen LogP contribution in [0.2, 0.25) is 0 Å². The number of hydrogen-bond acceptors (Lipinski definition) is 5. The monoisotopic (exact) mass is 332 g/mol. The Kier molecular flexibility index (Phi) is 6.19. The number of aryl methyl sites for hydroxylation is 1. The van der Waals surface area contributed by atoms with Crippen LogP contribution in [0.25, 0.3) is 0 Å². The molecule has 120 valence electrons. The average Bonchev–Trinajstić information content (AvgIpc) is 2.95. The second kappa shape index (κ2) is 7.69. The molecule has 2 rings (SSSR count). The normalized spacial score (nSPS) is 23.3. The van der Waals surface area contributed by atoms with Gasteiger partial charge in [0.25, 0.3) is 0 Å². The van der Waals surface area contributed by atoms with Crippen molar-refractivity contribution >= 4 is 21.4 Å². The molecule has 3 N–H and O–H groups in total. The maximum absolute atomic E-state index is 12.1. The summed E-state index contributed by atoms with van der Waals surface area (Å²) < 4.78 is 32.8. The average molecular weight is 332 g/mol. The summed E-state index contributed by atoms with van der Waals surface area (Å²) in [6.07, 6.45) is 5.00. The lowest BCUT2D eigenvalue weighted by Crippen LogP contribution is -2.32. The number of thiophene rings is 1. The van der Waals surface area contributed by atoms with Gasteiger partial charge in [-0.25, -0.2) is 13.1 Å². The third kappa shape index (κ3) is 5.03. The van der Waals surface area contributed by atoms with Gasteiger partial charge in [0.2, 0.25) is 10.0 Å². The molecule has 0 bridgehead atoms. The molecule has 1 saturated carbocycles. The van der Waals surface area contributed by atoms with Crippen molar-refractivity contribution in [2.45, 2.75) is 55.4 Å². The molecule has 0 saturated heterocycles. The van der Waals surface area contributed by atoms with Gasteiger partial charge in [-0.2, -0.15) is 0 Å². The molecule has 1 aliphatic rings. The highest BCUT2D eigenvalue weighted by atomic mass is 32.2. The second-order valence-electron chi connectivity index (χ2n) is 5.38. The van der Waals surface area contributed by atoms with Crippen LogP contribution in [0.3, 0.4) is 0 Å². The van der Waals surface area contributed by atoms with Crippen LogP contribution in [0.4, 0.5) is 0 Å². The topological polar surface area (TPSA) is 81.4 Å². The van der Waals surface area contributed by atoms with Crippen LogP contribution < -0.4 is 10.5 Å². The van der Waals surface area contributed by atoms with Gasteiger partial charge in [-0.05, 0) is 44.2 Å². The van der Waals surface area contributed by atoms with Gasteiger partial charge in [-0.1, -0.05) is 6.92 Å². The SMILES string of the molecule is CCc1ccc(S(=O)(=O)NCCOC2CCC(N)CC2)s1. The minimum Gasteiger partial charge on any atom is -0.377 e. The van der Waals surface area contributed by atoms with Gasteiger partial charge in [-0.3, -0.25) is 0 Å². The van der Waals surface area contributed by atoms with E-state index in [1.807, 2.05) is 13.0 Å². The Hall–Kier alpha value is -0.470. The zero-order chi connectivity index (χ0) is 15.3. The fourth-order valence-electron chi connectivity index (χ4n) is 2.42. The first kappa shape index (κ1) is 16.9. The van der Waals surface area contributed by atoms with Gasteiger partial charge in [0, 0.05) is 17.5 Å². The molecule has 1 aliphatic carbocycles. The van der Waals surface area contributed by atoms with E-state index in [4.69, 9.17) is 10.5 Å². The maximum atomic E-state index is 12.1. The number of rotatable bonds is 7. The molecule has 5 nitrogen and oxygen atoms in total. The summed E-state index contributed by atoms with van der Waals surface area (Å²) in [7, 11) is -3.39. The van der Waals surface area contributed by atoms with E-state index in [1.54, 1.807) is 6.07 Å². The molecular weight excluding hydrogens is 308 g/mol. The van der Waals surface area contributed by atoms with Crippen molar-refractivity contribution in [3.8, 4) is 0 Å². The summed E-state index contributed by atoms with van der Waals surface area (Å²) in [5.74, 6) is 0.